The number of nitrogens with two attached hydrogens (primary N) is 1. The van der Waals surface area contributed by atoms with Gasteiger partial charge >= 0.3 is 0 Å². The van der Waals surface area contributed by atoms with Crippen LogP contribution in [0.15, 0.2) is 4.34 Å². The van der Waals surface area contributed by atoms with Gasteiger partial charge in [0.25, 0.3) is 0 Å². The Bertz CT molecular complexity index is 186. The molecule has 0 amide bonds. The summed E-state index contributed by atoms with van der Waals surface area (Å²) < 4.78 is 0.917. The molecule has 0 fully saturated rings. The molecule has 1 heterocycles. The van der Waals surface area contributed by atoms with Gasteiger partial charge in [0.05, 0.1) is 0 Å². The molecule has 6 heteroatoms. The summed E-state index contributed by atoms with van der Waals surface area (Å²) in [6, 6.07) is 0. The molecule has 0 spiro atoms. The Morgan fingerprint density at radius 2 is 2.33 bits per heavy atom. The van der Waals surface area contributed by atoms with Gasteiger partial charge in [0.1, 0.15) is 0 Å². The molecule has 1 aromatic heterocycles. The van der Waals surface area contributed by atoms with Crippen LogP contribution < -0.4 is 5.73 Å². The lowest BCUT2D eigenvalue weighted by Gasteiger charge is -1.82. The second kappa shape index (κ2) is 3.28. The number of hydrogen-bond acceptors (Lipinski definition) is 6. The number of nitrogen functional groups attached to an aromatic ring is 1. The number of hydrogen-bond donors (Lipinski definition) is 1. The second-order valence-corrected chi connectivity index (χ2v) is 4.81. The van der Waals surface area contributed by atoms with E-state index in [1.165, 1.54) is 11.3 Å². The van der Waals surface area contributed by atoms with E-state index in [1.54, 1.807) is 21.6 Å². The first-order chi connectivity index (χ1) is 4.33. The van der Waals surface area contributed by atoms with Crippen LogP contribution in [-0.4, -0.2) is 16.5 Å². The lowest BCUT2D eigenvalue weighted by Crippen LogP contribution is -1.79. The van der Waals surface area contributed by atoms with E-state index in [2.05, 4.69) is 10.2 Å². The highest BCUT2D eigenvalue weighted by molar-refractivity contribution is 8.76. The lowest BCUT2D eigenvalue weighted by atomic mass is 11.3. The third-order valence-corrected chi connectivity index (χ3v) is 3.30. The molecule has 0 aliphatic carbocycles. The molecule has 0 aliphatic rings. The van der Waals surface area contributed by atoms with Crippen molar-refractivity contribution in [1.29, 1.82) is 0 Å². The standard InChI is InChI=1S/C3H5N3S3/c1-7-9-3-6-5-2(4)8-3/h1H3,(H2,4,5). The number of anilines is 1. The minimum Gasteiger partial charge on any atom is -0.374 e. The Morgan fingerprint density at radius 3 is 2.78 bits per heavy atom. The van der Waals surface area contributed by atoms with Crippen LogP contribution in [0.4, 0.5) is 5.13 Å². The van der Waals surface area contributed by atoms with Crippen LogP contribution in [0.2, 0.25) is 0 Å². The highest BCUT2D eigenvalue weighted by atomic mass is 33.1. The van der Waals surface area contributed by atoms with Crippen molar-refractivity contribution < 1.29 is 0 Å². The fraction of sp³-hybridized carbons (Fsp3) is 0.333. The maximum atomic E-state index is 5.33. The van der Waals surface area contributed by atoms with Crippen LogP contribution in [0.1, 0.15) is 0 Å². The lowest BCUT2D eigenvalue weighted by molar-refractivity contribution is 1.02. The molecule has 0 radical (unpaired) electrons. The number of aromatic nitrogens is 2. The van der Waals surface area contributed by atoms with E-state index in [0.717, 1.165) is 4.34 Å². The topological polar surface area (TPSA) is 51.8 Å². The van der Waals surface area contributed by atoms with Gasteiger partial charge in [0.2, 0.25) is 5.13 Å². The van der Waals surface area contributed by atoms with E-state index in [1.807, 2.05) is 6.26 Å². The van der Waals surface area contributed by atoms with Crippen molar-refractivity contribution >= 4 is 38.1 Å². The van der Waals surface area contributed by atoms with Crippen LogP contribution in [0.25, 0.3) is 0 Å². The molecular formula is C3H5N3S3. The zero-order chi connectivity index (χ0) is 6.69. The van der Waals surface area contributed by atoms with Crippen LogP contribution in [0.5, 0.6) is 0 Å². The first-order valence-corrected chi connectivity index (χ1v) is 5.50. The van der Waals surface area contributed by atoms with Gasteiger partial charge < -0.3 is 5.73 Å². The fourth-order valence-electron chi connectivity index (χ4n) is 0.325. The third-order valence-electron chi connectivity index (χ3n) is 0.577. The monoisotopic (exact) mass is 179 g/mol. The number of rotatable bonds is 2. The van der Waals surface area contributed by atoms with Gasteiger partial charge in [-0.2, -0.15) is 0 Å². The summed E-state index contributed by atoms with van der Waals surface area (Å²) in [7, 11) is 3.21. The van der Waals surface area contributed by atoms with Gasteiger partial charge in [-0.05, 0) is 17.0 Å². The Labute approximate surface area is 64.8 Å². The Morgan fingerprint density at radius 1 is 1.56 bits per heavy atom. The van der Waals surface area contributed by atoms with Gasteiger partial charge in [-0.3, -0.25) is 0 Å². The Hall–Kier alpha value is 0.0600. The van der Waals surface area contributed by atoms with Gasteiger partial charge in [-0.25, -0.2) is 0 Å². The van der Waals surface area contributed by atoms with E-state index in [4.69, 9.17) is 5.73 Å². The maximum Gasteiger partial charge on any atom is 0.203 e. The van der Waals surface area contributed by atoms with Gasteiger partial charge in [-0.15, -0.1) is 10.2 Å². The molecule has 0 saturated heterocycles. The van der Waals surface area contributed by atoms with Crippen molar-refractivity contribution in [2.75, 3.05) is 12.0 Å². The average molecular weight is 179 g/mol. The normalized spacial score (nSPS) is 9.89. The van der Waals surface area contributed by atoms with E-state index < -0.39 is 0 Å². The van der Waals surface area contributed by atoms with Crippen molar-refractivity contribution in [3.8, 4) is 0 Å². The molecule has 50 valence electrons. The summed E-state index contributed by atoms with van der Waals surface area (Å²) >= 11 is 1.41. The maximum absolute atomic E-state index is 5.33. The van der Waals surface area contributed by atoms with Crippen molar-refractivity contribution in [1.82, 2.24) is 10.2 Å². The fourth-order valence-corrected chi connectivity index (χ4v) is 2.72. The van der Waals surface area contributed by atoms with Crippen molar-refractivity contribution in [2.45, 2.75) is 4.34 Å². The molecule has 9 heavy (non-hydrogen) atoms. The number of nitrogens with zero attached hydrogens (tertiary/aromatic N) is 2. The van der Waals surface area contributed by atoms with Crippen LogP contribution in [-0.2, 0) is 0 Å². The molecule has 0 bridgehead atoms. The minimum atomic E-state index is 0.534. The molecule has 0 unspecified atom stereocenters. The molecule has 0 aromatic carbocycles. The first-order valence-electron chi connectivity index (χ1n) is 2.12. The largest absolute Gasteiger partial charge is 0.374 e. The summed E-state index contributed by atoms with van der Waals surface area (Å²) in [5.41, 5.74) is 5.33. The molecule has 1 aromatic rings. The summed E-state index contributed by atoms with van der Waals surface area (Å²) in [5.74, 6) is 0. The van der Waals surface area contributed by atoms with E-state index in [-0.39, 0.29) is 0 Å². The molecule has 0 saturated carbocycles. The summed E-state index contributed by atoms with van der Waals surface area (Å²) in [6.45, 7) is 0. The third kappa shape index (κ3) is 2.04. The minimum absolute atomic E-state index is 0.534. The molecule has 1 rings (SSSR count). The summed E-state index contributed by atoms with van der Waals surface area (Å²) in [6.07, 6.45) is 1.99. The quantitative estimate of drug-likeness (QED) is 0.697. The zero-order valence-electron chi connectivity index (χ0n) is 4.70. The van der Waals surface area contributed by atoms with E-state index in [9.17, 15) is 0 Å². The average Bonchev–Trinajstić information content (AvgIpc) is 2.17. The van der Waals surface area contributed by atoms with Crippen LogP contribution >= 0.6 is 32.9 Å². The van der Waals surface area contributed by atoms with Crippen molar-refractivity contribution in [3.63, 3.8) is 0 Å². The zero-order valence-corrected chi connectivity index (χ0v) is 7.15. The predicted molar refractivity (Wildman–Crippen MR) is 43.7 cm³/mol. The highest BCUT2D eigenvalue weighted by Gasteiger charge is 1.98. The molecule has 3 nitrogen and oxygen atoms in total. The molecule has 2 N–H and O–H groups in total. The Balaban J connectivity index is 2.61. The van der Waals surface area contributed by atoms with Crippen molar-refractivity contribution in [3.05, 3.63) is 0 Å². The highest BCUT2D eigenvalue weighted by Crippen LogP contribution is 2.31. The van der Waals surface area contributed by atoms with Gasteiger partial charge in [0, 0.05) is 0 Å². The summed E-state index contributed by atoms with van der Waals surface area (Å²) in [4.78, 5) is 0. The van der Waals surface area contributed by atoms with E-state index >= 15 is 0 Å². The van der Waals surface area contributed by atoms with Gasteiger partial charge in [-0.1, -0.05) is 22.1 Å². The van der Waals surface area contributed by atoms with Gasteiger partial charge in [0.15, 0.2) is 4.34 Å². The molecular weight excluding hydrogens is 174 g/mol. The Kier molecular flexibility index (Phi) is 2.62. The second-order valence-electron chi connectivity index (χ2n) is 1.16. The van der Waals surface area contributed by atoms with Crippen molar-refractivity contribution in [2.24, 2.45) is 0 Å². The van der Waals surface area contributed by atoms with Crippen LogP contribution in [0.3, 0.4) is 0 Å². The van der Waals surface area contributed by atoms with Crippen LogP contribution in [0, 0.1) is 0 Å². The molecule has 0 atom stereocenters. The SMILES string of the molecule is CSSc1nnc(N)s1. The van der Waals surface area contributed by atoms with E-state index in [0.29, 0.717) is 5.13 Å². The smallest absolute Gasteiger partial charge is 0.203 e. The predicted octanol–water partition coefficient (Wildman–Crippen LogP) is 1.49. The first kappa shape index (κ1) is 7.17. The molecule has 0 aliphatic heterocycles. The summed E-state index contributed by atoms with van der Waals surface area (Å²) in [5, 5.41) is 7.97.